The molecule has 0 aliphatic rings. The lowest BCUT2D eigenvalue weighted by Crippen LogP contribution is -2.30. The molecule has 0 saturated heterocycles. The van der Waals surface area contributed by atoms with Crippen LogP contribution in [0.25, 0.3) is 0 Å². The van der Waals surface area contributed by atoms with Crippen LogP contribution in [0.3, 0.4) is 0 Å². The zero-order chi connectivity index (χ0) is 55.7. The zero-order valence-electron chi connectivity index (χ0n) is 51.5. The zero-order valence-corrected chi connectivity index (χ0v) is 51.5. The normalized spacial score (nSPS) is 12.4. The van der Waals surface area contributed by atoms with Crippen molar-refractivity contribution in [3.8, 4) is 0 Å². The largest absolute Gasteiger partial charge is 0.462 e. The molecule has 0 aromatic rings. The number of unbranched alkanes of at least 4 members (excludes halogenated alkanes) is 41. The summed E-state index contributed by atoms with van der Waals surface area (Å²) in [5, 5.41) is 0. The highest BCUT2D eigenvalue weighted by molar-refractivity contribution is 5.71. The molecule has 6 nitrogen and oxygen atoms in total. The first kappa shape index (κ1) is 74.1. The third kappa shape index (κ3) is 63.8. The number of ether oxygens (including phenoxy) is 3. The van der Waals surface area contributed by atoms with Crippen LogP contribution >= 0.6 is 0 Å². The molecule has 448 valence electrons. The fourth-order valence-corrected chi connectivity index (χ4v) is 9.96. The van der Waals surface area contributed by atoms with Gasteiger partial charge >= 0.3 is 17.9 Å². The van der Waals surface area contributed by atoms with Gasteiger partial charge in [0.15, 0.2) is 6.10 Å². The molecule has 0 heterocycles. The lowest BCUT2D eigenvalue weighted by Gasteiger charge is -2.18. The average Bonchev–Trinajstić information content (AvgIpc) is 3.43. The van der Waals surface area contributed by atoms with Gasteiger partial charge in [-0.05, 0) is 83.5 Å². The van der Waals surface area contributed by atoms with Gasteiger partial charge in [-0.1, -0.05) is 313 Å². The van der Waals surface area contributed by atoms with Crippen molar-refractivity contribution in [2.24, 2.45) is 0 Å². The molecule has 0 saturated carbocycles. The van der Waals surface area contributed by atoms with Crippen molar-refractivity contribution in [1.29, 1.82) is 0 Å². The topological polar surface area (TPSA) is 78.9 Å². The van der Waals surface area contributed by atoms with Crippen molar-refractivity contribution in [1.82, 2.24) is 0 Å². The summed E-state index contributed by atoms with van der Waals surface area (Å²) >= 11 is 0. The molecule has 0 aliphatic heterocycles. The number of hydrogen-bond donors (Lipinski definition) is 0. The van der Waals surface area contributed by atoms with E-state index < -0.39 is 6.10 Å². The minimum Gasteiger partial charge on any atom is -0.462 e. The molecule has 0 aliphatic carbocycles. The van der Waals surface area contributed by atoms with E-state index in [0.29, 0.717) is 19.3 Å². The molecule has 0 bridgehead atoms. The first-order chi connectivity index (χ1) is 38.0. The minimum atomic E-state index is -0.790. The minimum absolute atomic E-state index is 0.0837. The Balaban J connectivity index is 4.31. The van der Waals surface area contributed by atoms with Gasteiger partial charge in [-0.3, -0.25) is 14.4 Å². The van der Waals surface area contributed by atoms with Gasteiger partial charge in [0.25, 0.3) is 0 Å². The molecule has 0 fully saturated rings. The van der Waals surface area contributed by atoms with E-state index in [0.717, 1.165) is 83.5 Å². The highest BCUT2D eigenvalue weighted by Gasteiger charge is 2.19. The second-order valence-electron chi connectivity index (χ2n) is 22.7. The van der Waals surface area contributed by atoms with Gasteiger partial charge in [-0.25, -0.2) is 0 Å². The summed E-state index contributed by atoms with van der Waals surface area (Å²) in [7, 11) is 0. The van der Waals surface area contributed by atoms with E-state index >= 15 is 0 Å². The maximum Gasteiger partial charge on any atom is 0.306 e. The maximum absolute atomic E-state index is 12.9. The second-order valence-corrected chi connectivity index (χ2v) is 22.7. The van der Waals surface area contributed by atoms with E-state index in [2.05, 4.69) is 81.5 Å². The van der Waals surface area contributed by atoms with E-state index in [4.69, 9.17) is 14.2 Å². The Labute approximate surface area is 479 Å². The third-order valence-corrected chi connectivity index (χ3v) is 15.0. The van der Waals surface area contributed by atoms with E-state index in [1.807, 2.05) is 0 Å². The Bertz CT molecular complexity index is 1380. The van der Waals surface area contributed by atoms with Crippen molar-refractivity contribution >= 4 is 17.9 Å². The summed E-state index contributed by atoms with van der Waals surface area (Å²) in [6, 6.07) is 0. The summed E-state index contributed by atoms with van der Waals surface area (Å²) in [6.45, 7) is 6.55. The average molecular weight is 1080 g/mol. The second kappa shape index (κ2) is 65.6. The van der Waals surface area contributed by atoms with Gasteiger partial charge in [0.1, 0.15) is 13.2 Å². The number of rotatable bonds is 62. The third-order valence-electron chi connectivity index (χ3n) is 15.0. The van der Waals surface area contributed by atoms with E-state index in [-0.39, 0.29) is 31.1 Å². The molecule has 1 unspecified atom stereocenters. The lowest BCUT2D eigenvalue weighted by atomic mass is 10.0. The molecule has 0 rings (SSSR count). The molecular weight excluding hydrogens is 949 g/mol. The molecule has 0 radical (unpaired) electrons. The molecular formula is C71H128O6. The summed E-state index contributed by atoms with van der Waals surface area (Å²) in [6.07, 6.45) is 83.9. The van der Waals surface area contributed by atoms with Crippen LogP contribution in [-0.4, -0.2) is 37.2 Å². The predicted octanol–water partition coefficient (Wildman–Crippen LogP) is 23.1. The van der Waals surface area contributed by atoms with Crippen LogP contribution in [0, 0.1) is 0 Å². The van der Waals surface area contributed by atoms with Crippen LogP contribution in [0.2, 0.25) is 0 Å². The molecule has 6 heteroatoms. The molecule has 0 amide bonds. The van der Waals surface area contributed by atoms with Crippen molar-refractivity contribution < 1.29 is 28.6 Å². The van der Waals surface area contributed by atoms with Crippen LogP contribution in [0.4, 0.5) is 0 Å². The van der Waals surface area contributed by atoms with Crippen LogP contribution in [0.1, 0.15) is 355 Å². The first-order valence-corrected chi connectivity index (χ1v) is 33.8. The Hall–Kier alpha value is -2.89. The summed E-state index contributed by atoms with van der Waals surface area (Å²) in [5.74, 6) is -0.905. The Morgan fingerprint density at radius 3 is 0.831 bits per heavy atom. The van der Waals surface area contributed by atoms with Gasteiger partial charge in [0, 0.05) is 19.3 Å². The highest BCUT2D eigenvalue weighted by atomic mass is 16.6. The standard InChI is InChI=1S/C71H128O6/c1-4-7-10-13-16-19-22-25-28-30-32-33-34-35-36-37-39-40-43-46-49-52-55-58-61-64-70(73)76-67-68(66-75-69(72)63-60-57-54-51-48-45-42-27-24-21-18-15-12-9-6-3)77-71(74)65-62-59-56-53-50-47-44-41-38-31-29-26-23-20-17-14-11-8-5-2/h9,12,18,21,27,30,32,42,48,51,68H,4-8,10-11,13-17,19-20,22-26,28-29,31,33-41,43-47,49-50,52-67H2,1-3H3/b12-9-,21-18-,32-30-,42-27-,51-48-. The molecule has 1 atom stereocenters. The van der Waals surface area contributed by atoms with Crippen molar-refractivity contribution in [3.63, 3.8) is 0 Å². The van der Waals surface area contributed by atoms with Gasteiger partial charge in [-0.15, -0.1) is 0 Å². The quantitative estimate of drug-likeness (QED) is 0.0261. The smallest absolute Gasteiger partial charge is 0.306 e. The van der Waals surface area contributed by atoms with Gasteiger partial charge in [-0.2, -0.15) is 0 Å². The van der Waals surface area contributed by atoms with Crippen molar-refractivity contribution in [2.45, 2.75) is 361 Å². The number of allylic oxidation sites excluding steroid dienone is 10. The fourth-order valence-electron chi connectivity index (χ4n) is 9.96. The molecule has 0 aromatic carbocycles. The van der Waals surface area contributed by atoms with Gasteiger partial charge in [0.2, 0.25) is 0 Å². The summed E-state index contributed by atoms with van der Waals surface area (Å²) in [5.41, 5.74) is 0. The van der Waals surface area contributed by atoms with E-state index in [1.54, 1.807) is 0 Å². The molecule has 0 N–H and O–H groups in total. The van der Waals surface area contributed by atoms with Crippen LogP contribution < -0.4 is 0 Å². The van der Waals surface area contributed by atoms with E-state index in [9.17, 15) is 14.4 Å². The molecule has 0 spiro atoms. The molecule has 0 aromatic heterocycles. The maximum atomic E-state index is 12.9. The summed E-state index contributed by atoms with van der Waals surface area (Å²) < 4.78 is 16.9. The fraction of sp³-hybridized carbons (Fsp3) is 0.817. The lowest BCUT2D eigenvalue weighted by molar-refractivity contribution is -0.167. The Kier molecular flexibility index (Phi) is 63.2. The monoisotopic (exact) mass is 1080 g/mol. The number of carbonyl (C=O) groups is 3. The number of carbonyl (C=O) groups excluding carboxylic acids is 3. The van der Waals surface area contributed by atoms with E-state index in [1.165, 1.54) is 231 Å². The number of esters is 3. The van der Waals surface area contributed by atoms with Crippen LogP contribution in [0.5, 0.6) is 0 Å². The summed E-state index contributed by atoms with van der Waals surface area (Å²) in [4.78, 5) is 38.4. The predicted molar refractivity (Wildman–Crippen MR) is 335 cm³/mol. The SMILES string of the molecule is CC/C=C\C/C=C\C/C=C\C/C=C\CCCCC(=O)OCC(COC(=O)CCCCCCCCCCCCCCC/C=C\CCCCCCCCCC)OC(=O)CCCCCCCCCCCCCCCCCCCCC. The molecule has 77 heavy (non-hydrogen) atoms. The van der Waals surface area contributed by atoms with Crippen LogP contribution in [-0.2, 0) is 28.6 Å². The Morgan fingerprint density at radius 1 is 0.273 bits per heavy atom. The van der Waals surface area contributed by atoms with Crippen molar-refractivity contribution in [2.75, 3.05) is 13.2 Å². The van der Waals surface area contributed by atoms with Gasteiger partial charge in [0.05, 0.1) is 0 Å². The van der Waals surface area contributed by atoms with Gasteiger partial charge < -0.3 is 14.2 Å². The first-order valence-electron chi connectivity index (χ1n) is 33.8. The number of hydrogen-bond acceptors (Lipinski definition) is 6. The highest BCUT2D eigenvalue weighted by Crippen LogP contribution is 2.18. The Morgan fingerprint density at radius 2 is 0.506 bits per heavy atom. The van der Waals surface area contributed by atoms with Crippen molar-refractivity contribution in [3.05, 3.63) is 60.8 Å². The van der Waals surface area contributed by atoms with Crippen LogP contribution in [0.15, 0.2) is 60.8 Å².